The van der Waals surface area contributed by atoms with Crippen LogP contribution in [0.2, 0.25) is 0 Å². The van der Waals surface area contributed by atoms with E-state index in [0.717, 1.165) is 6.42 Å². The lowest BCUT2D eigenvalue weighted by molar-refractivity contribution is -0.149. The SMILES string of the molecule is CCOC(=O)C1(N)CCC(SCC(=O)N(C)C)C1. The van der Waals surface area contributed by atoms with Crippen LogP contribution in [0.5, 0.6) is 0 Å². The Hall–Kier alpha value is -0.750. The Balaban J connectivity index is 2.41. The van der Waals surface area contributed by atoms with E-state index >= 15 is 0 Å². The molecule has 1 fully saturated rings. The molecule has 0 radical (unpaired) electrons. The number of nitrogens with zero attached hydrogens (tertiary/aromatic N) is 1. The maximum absolute atomic E-state index is 11.7. The van der Waals surface area contributed by atoms with Gasteiger partial charge in [-0.3, -0.25) is 9.59 Å². The van der Waals surface area contributed by atoms with Crippen LogP contribution in [0.3, 0.4) is 0 Å². The van der Waals surface area contributed by atoms with Crippen molar-refractivity contribution in [1.29, 1.82) is 0 Å². The predicted molar refractivity (Wildman–Crippen MR) is 72.3 cm³/mol. The molecule has 0 saturated heterocycles. The first-order chi connectivity index (χ1) is 8.39. The van der Waals surface area contributed by atoms with E-state index in [1.54, 1.807) is 37.7 Å². The van der Waals surface area contributed by atoms with Crippen molar-refractivity contribution in [3.63, 3.8) is 0 Å². The van der Waals surface area contributed by atoms with Gasteiger partial charge in [0.05, 0.1) is 12.4 Å². The first-order valence-corrected chi connectivity index (χ1v) is 7.22. The second kappa shape index (κ2) is 6.43. The third-order valence-electron chi connectivity index (χ3n) is 3.13. The van der Waals surface area contributed by atoms with Gasteiger partial charge in [0.15, 0.2) is 0 Å². The van der Waals surface area contributed by atoms with Gasteiger partial charge in [-0.25, -0.2) is 0 Å². The Morgan fingerprint density at radius 2 is 2.17 bits per heavy atom. The fourth-order valence-electron chi connectivity index (χ4n) is 1.95. The standard InChI is InChI=1S/C12H22N2O3S/c1-4-17-11(16)12(13)6-5-9(7-12)18-8-10(15)14(2)3/h9H,4-8,13H2,1-3H3. The number of rotatable bonds is 5. The van der Waals surface area contributed by atoms with Gasteiger partial charge in [-0.2, -0.15) is 0 Å². The predicted octanol–water partition coefficient (Wildman–Crippen LogP) is 0.621. The van der Waals surface area contributed by atoms with Gasteiger partial charge in [0.1, 0.15) is 5.54 Å². The van der Waals surface area contributed by atoms with Crippen molar-refractivity contribution in [2.75, 3.05) is 26.5 Å². The number of ether oxygens (including phenoxy) is 1. The van der Waals surface area contributed by atoms with Gasteiger partial charge in [-0.05, 0) is 26.2 Å². The molecule has 104 valence electrons. The molecular weight excluding hydrogens is 252 g/mol. The number of amides is 1. The van der Waals surface area contributed by atoms with Gasteiger partial charge in [0.2, 0.25) is 5.91 Å². The minimum Gasteiger partial charge on any atom is -0.465 e. The highest BCUT2D eigenvalue weighted by molar-refractivity contribution is 8.00. The molecule has 2 unspecified atom stereocenters. The summed E-state index contributed by atoms with van der Waals surface area (Å²) < 4.78 is 4.99. The number of hydrogen-bond acceptors (Lipinski definition) is 5. The second-order valence-electron chi connectivity index (χ2n) is 4.84. The van der Waals surface area contributed by atoms with Crippen LogP contribution in [0.25, 0.3) is 0 Å². The minimum atomic E-state index is -0.852. The normalized spacial score (nSPS) is 27.0. The molecule has 2 atom stereocenters. The molecule has 0 aromatic carbocycles. The summed E-state index contributed by atoms with van der Waals surface area (Å²) in [6, 6.07) is 0. The van der Waals surface area contributed by atoms with Gasteiger partial charge in [0, 0.05) is 19.3 Å². The first kappa shape index (κ1) is 15.3. The topological polar surface area (TPSA) is 72.6 Å². The summed E-state index contributed by atoms with van der Waals surface area (Å²) in [6.07, 6.45) is 2.09. The smallest absolute Gasteiger partial charge is 0.326 e. The van der Waals surface area contributed by atoms with Crippen LogP contribution in [-0.4, -0.2) is 54.0 Å². The molecule has 5 nitrogen and oxygen atoms in total. The van der Waals surface area contributed by atoms with Crippen LogP contribution >= 0.6 is 11.8 Å². The molecule has 1 saturated carbocycles. The van der Waals surface area contributed by atoms with Gasteiger partial charge >= 0.3 is 5.97 Å². The van der Waals surface area contributed by atoms with E-state index in [1.807, 2.05) is 0 Å². The zero-order chi connectivity index (χ0) is 13.8. The molecule has 1 amide bonds. The van der Waals surface area contributed by atoms with Gasteiger partial charge < -0.3 is 15.4 Å². The lowest BCUT2D eigenvalue weighted by Crippen LogP contribution is -2.47. The summed E-state index contributed by atoms with van der Waals surface area (Å²) in [6.45, 7) is 2.13. The van der Waals surface area contributed by atoms with Crippen LogP contribution < -0.4 is 5.73 Å². The zero-order valence-corrected chi connectivity index (χ0v) is 12.1. The van der Waals surface area contributed by atoms with Crippen molar-refractivity contribution < 1.29 is 14.3 Å². The van der Waals surface area contributed by atoms with Crippen LogP contribution in [-0.2, 0) is 14.3 Å². The zero-order valence-electron chi connectivity index (χ0n) is 11.3. The Morgan fingerprint density at radius 3 is 2.72 bits per heavy atom. The Morgan fingerprint density at radius 1 is 1.50 bits per heavy atom. The summed E-state index contributed by atoms with van der Waals surface area (Å²) in [5.41, 5.74) is 5.21. The molecule has 0 aromatic heterocycles. The molecule has 1 rings (SSSR count). The van der Waals surface area contributed by atoms with Crippen molar-refractivity contribution >= 4 is 23.6 Å². The van der Waals surface area contributed by atoms with Gasteiger partial charge in [0.25, 0.3) is 0 Å². The van der Waals surface area contributed by atoms with Crippen molar-refractivity contribution in [2.45, 2.75) is 37.0 Å². The van der Waals surface area contributed by atoms with Gasteiger partial charge in [-0.1, -0.05) is 0 Å². The van der Waals surface area contributed by atoms with E-state index in [1.165, 1.54) is 0 Å². The number of hydrogen-bond donors (Lipinski definition) is 1. The van der Waals surface area contributed by atoms with Crippen LogP contribution in [0.4, 0.5) is 0 Å². The van der Waals surface area contributed by atoms with E-state index in [0.29, 0.717) is 25.2 Å². The summed E-state index contributed by atoms with van der Waals surface area (Å²) >= 11 is 1.58. The molecule has 18 heavy (non-hydrogen) atoms. The quantitative estimate of drug-likeness (QED) is 0.744. The monoisotopic (exact) mass is 274 g/mol. The van der Waals surface area contributed by atoms with E-state index < -0.39 is 5.54 Å². The number of esters is 1. The maximum atomic E-state index is 11.7. The number of carbonyl (C=O) groups excluding carboxylic acids is 2. The minimum absolute atomic E-state index is 0.0886. The Labute approximate surface area is 112 Å². The summed E-state index contributed by atoms with van der Waals surface area (Å²) in [7, 11) is 3.48. The molecule has 1 aliphatic carbocycles. The van der Waals surface area contributed by atoms with E-state index in [-0.39, 0.29) is 17.1 Å². The van der Waals surface area contributed by atoms with Crippen molar-refractivity contribution in [1.82, 2.24) is 4.90 Å². The highest BCUT2D eigenvalue weighted by Crippen LogP contribution is 2.36. The third-order valence-corrected chi connectivity index (χ3v) is 4.42. The van der Waals surface area contributed by atoms with E-state index in [9.17, 15) is 9.59 Å². The Bertz CT molecular complexity index is 322. The van der Waals surface area contributed by atoms with Crippen molar-refractivity contribution in [3.05, 3.63) is 0 Å². The average molecular weight is 274 g/mol. The molecule has 2 N–H and O–H groups in total. The highest BCUT2D eigenvalue weighted by atomic mass is 32.2. The lowest BCUT2D eigenvalue weighted by Gasteiger charge is -2.21. The second-order valence-corrected chi connectivity index (χ2v) is 6.13. The molecule has 6 heteroatoms. The molecule has 0 bridgehead atoms. The average Bonchev–Trinajstić information content (AvgIpc) is 2.69. The largest absolute Gasteiger partial charge is 0.465 e. The molecule has 0 aromatic rings. The van der Waals surface area contributed by atoms with Crippen molar-refractivity contribution in [2.24, 2.45) is 5.73 Å². The molecular formula is C12H22N2O3S. The molecule has 0 heterocycles. The summed E-state index contributed by atoms with van der Waals surface area (Å²) in [5.74, 6) is 0.217. The number of nitrogens with two attached hydrogens (primary N) is 1. The van der Waals surface area contributed by atoms with E-state index in [2.05, 4.69) is 0 Å². The van der Waals surface area contributed by atoms with Gasteiger partial charge in [-0.15, -0.1) is 11.8 Å². The van der Waals surface area contributed by atoms with E-state index in [4.69, 9.17) is 10.5 Å². The molecule has 0 spiro atoms. The summed E-state index contributed by atoms with van der Waals surface area (Å²) in [5, 5.41) is 0.267. The van der Waals surface area contributed by atoms with Crippen LogP contribution in [0, 0.1) is 0 Å². The molecule has 0 aliphatic heterocycles. The first-order valence-electron chi connectivity index (χ1n) is 6.17. The van der Waals surface area contributed by atoms with Crippen LogP contribution in [0.1, 0.15) is 26.2 Å². The highest BCUT2D eigenvalue weighted by Gasteiger charge is 2.43. The third kappa shape index (κ3) is 3.88. The summed E-state index contributed by atoms with van der Waals surface area (Å²) in [4.78, 5) is 24.8. The van der Waals surface area contributed by atoms with Crippen LogP contribution in [0.15, 0.2) is 0 Å². The number of thioether (sulfide) groups is 1. The maximum Gasteiger partial charge on any atom is 0.326 e. The lowest BCUT2D eigenvalue weighted by atomic mass is 10.00. The molecule has 1 aliphatic rings. The fraction of sp³-hybridized carbons (Fsp3) is 0.833. The van der Waals surface area contributed by atoms with Crippen molar-refractivity contribution in [3.8, 4) is 0 Å². The number of carbonyl (C=O) groups is 2. The Kier molecular flexibility index (Phi) is 5.47. The fourth-order valence-corrected chi connectivity index (χ4v) is 3.29.